The van der Waals surface area contributed by atoms with E-state index >= 15 is 0 Å². The van der Waals surface area contributed by atoms with Crippen LogP contribution in [-0.4, -0.2) is 38.9 Å². The molecule has 0 saturated carbocycles. The zero-order valence-electron chi connectivity index (χ0n) is 7.27. The number of rotatable bonds is 2. The van der Waals surface area contributed by atoms with Crippen molar-refractivity contribution in [1.82, 2.24) is 4.90 Å². The van der Waals surface area contributed by atoms with Crippen molar-refractivity contribution >= 4 is 16.4 Å². The summed E-state index contributed by atoms with van der Waals surface area (Å²) in [5.41, 5.74) is 0. The second kappa shape index (κ2) is 4.96. The van der Waals surface area contributed by atoms with E-state index in [1.807, 2.05) is 0 Å². The molecule has 1 saturated heterocycles. The fourth-order valence-corrected chi connectivity index (χ4v) is 1.57. The molecule has 0 atom stereocenters. The Morgan fingerprint density at radius 2 is 1.85 bits per heavy atom. The highest BCUT2D eigenvalue weighted by Gasteiger charge is 2.15. The first kappa shape index (κ1) is 10.2. The minimum absolute atomic E-state index is 0.191. The Kier molecular flexibility index (Phi) is 3.88. The van der Waals surface area contributed by atoms with Gasteiger partial charge >= 0.3 is 10.5 Å². The van der Waals surface area contributed by atoms with Crippen LogP contribution in [0, 0.1) is 0 Å². The third-order valence-electron chi connectivity index (χ3n) is 2.01. The van der Waals surface area contributed by atoms with Crippen LogP contribution in [0.3, 0.4) is 0 Å². The van der Waals surface area contributed by atoms with E-state index in [-0.39, 0.29) is 12.5 Å². The molecule has 0 bridgehead atoms. The molecule has 6 heteroatoms. The summed E-state index contributed by atoms with van der Waals surface area (Å²) in [6.45, 7) is 1.23. The van der Waals surface area contributed by atoms with E-state index in [9.17, 15) is 13.2 Å². The molecule has 0 unspecified atom stereocenters. The molecule has 1 aliphatic heterocycles. The summed E-state index contributed by atoms with van der Waals surface area (Å²) < 4.78 is 23.2. The maximum atomic E-state index is 11.3. The van der Waals surface area contributed by atoms with Crippen molar-refractivity contribution in [3.8, 4) is 0 Å². The Labute approximate surface area is 78.4 Å². The van der Waals surface area contributed by atoms with E-state index in [2.05, 4.69) is 4.36 Å². The van der Waals surface area contributed by atoms with Crippen LogP contribution in [0.2, 0.25) is 0 Å². The Balaban J connectivity index is 2.42. The molecular formula is C7H12N2O3S. The lowest BCUT2D eigenvalue weighted by atomic mass is 10.1. The molecule has 1 amide bonds. The van der Waals surface area contributed by atoms with Gasteiger partial charge in [-0.3, -0.25) is 4.79 Å². The second-order valence-corrected chi connectivity index (χ2v) is 3.64. The number of carbonyl (C=O) groups excluding carboxylic acids is 1. The smallest absolute Gasteiger partial charge is 0.311 e. The Bertz CT molecular complexity index is 296. The lowest BCUT2D eigenvalue weighted by Crippen LogP contribution is -2.36. The van der Waals surface area contributed by atoms with Crippen LogP contribution < -0.4 is 0 Å². The van der Waals surface area contributed by atoms with Gasteiger partial charge in [0, 0.05) is 13.1 Å². The zero-order valence-corrected chi connectivity index (χ0v) is 8.09. The third kappa shape index (κ3) is 3.54. The molecule has 0 N–H and O–H groups in total. The number of carbonyl (C=O) groups is 1. The quantitative estimate of drug-likeness (QED) is 0.639. The van der Waals surface area contributed by atoms with Gasteiger partial charge in [0.25, 0.3) is 0 Å². The summed E-state index contributed by atoms with van der Waals surface area (Å²) in [5, 5.41) is 0. The lowest BCUT2D eigenvalue weighted by Gasteiger charge is -2.25. The van der Waals surface area contributed by atoms with Crippen molar-refractivity contribution < 1.29 is 13.2 Å². The van der Waals surface area contributed by atoms with Crippen LogP contribution in [0.5, 0.6) is 0 Å². The SMILES string of the molecule is O=C(CN=S(=O)=O)N1CCCCC1. The molecule has 0 aromatic heterocycles. The summed E-state index contributed by atoms with van der Waals surface area (Å²) in [5.74, 6) is -0.191. The highest BCUT2D eigenvalue weighted by atomic mass is 32.2. The van der Waals surface area contributed by atoms with Gasteiger partial charge in [-0.15, -0.1) is 0 Å². The average molecular weight is 204 g/mol. The van der Waals surface area contributed by atoms with E-state index < -0.39 is 10.5 Å². The number of hydrogen-bond donors (Lipinski definition) is 0. The summed E-state index contributed by atoms with van der Waals surface area (Å²) in [4.78, 5) is 12.9. The number of amides is 1. The fraction of sp³-hybridized carbons (Fsp3) is 0.857. The van der Waals surface area contributed by atoms with Crippen LogP contribution in [0.15, 0.2) is 4.36 Å². The first-order valence-corrected chi connectivity index (χ1v) is 5.28. The number of nitrogens with zero attached hydrogens (tertiary/aromatic N) is 2. The van der Waals surface area contributed by atoms with Crippen molar-refractivity contribution in [3.05, 3.63) is 0 Å². The lowest BCUT2D eigenvalue weighted by molar-refractivity contribution is -0.130. The van der Waals surface area contributed by atoms with Gasteiger partial charge < -0.3 is 4.90 Å². The minimum Gasteiger partial charge on any atom is -0.341 e. The maximum Gasteiger partial charge on any atom is 0.311 e. The topological polar surface area (TPSA) is 66.8 Å². The van der Waals surface area contributed by atoms with Gasteiger partial charge in [-0.25, -0.2) is 0 Å². The molecule has 74 valence electrons. The van der Waals surface area contributed by atoms with Gasteiger partial charge in [-0.05, 0) is 19.3 Å². The molecule has 1 fully saturated rings. The maximum absolute atomic E-state index is 11.3. The molecule has 0 spiro atoms. The van der Waals surface area contributed by atoms with Crippen LogP contribution in [-0.2, 0) is 15.3 Å². The van der Waals surface area contributed by atoms with Crippen LogP contribution in [0.1, 0.15) is 19.3 Å². The highest BCUT2D eigenvalue weighted by Crippen LogP contribution is 2.08. The van der Waals surface area contributed by atoms with Gasteiger partial charge in [0.1, 0.15) is 6.54 Å². The molecule has 13 heavy (non-hydrogen) atoms. The predicted octanol–water partition coefficient (Wildman–Crippen LogP) is 0.0616. The second-order valence-electron chi connectivity index (χ2n) is 2.95. The molecule has 0 aromatic carbocycles. The Morgan fingerprint density at radius 1 is 1.23 bits per heavy atom. The minimum atomic E-state index is -2.46. The van der Waals surface area contributed by atoms with Gasteiger partial charge in [0.2, 0.25) is 5.91 Å². The first-order chi connectivity index (χ1) is 6.20. The van der Waals surface area contributed by atoms with Gasteiger partial charge in [0.15, 0.2) is 0 Å². The van der Waals surface area contributed by atoms with E-state index in [0.717, 1.165) is 32.4 Å². The van der Waals surface area contributed by atoms with E-state index in [1.54, 1.807) is 4.90 Å². The van der Waals surface area contributed by atoms with Gasteiger partial charge in [0.05, 0.1) is 0 Å². The normalized spacial score (nSPS) is 16.8. The summed E-state index contributed by atoms with van der Waals surface area (Å²) in [6, 6.07) is 0. The number of hydrogen-bond acceptors (Lipinski definition) is 4. The van der Waals surface area contributed by atoms with E-state index in [4.69, 9.17) is 0 Å². The predicted molar refractivity (Wildman–Crippen MR) is 46.6 cm³/mol. The summed E-state index contributed by atoms with van der Waals surface area (Å²) >= 11 is 0. The monoisotopic (exact) mass is 204 g/mol. The molecular weight excluding hydrogens is 192 g/mol. The van der Waals surface area contributed by atoms with Crippen molar-refractivity contribution in [3.63, 3.8) is 0 Å². The molecule has 0 aromatic rings. The Morgan fingerprint density at radius 3 is 2.38 bits per heavy atom. The zero-order chi connectivity index (χ0) is 9.68. The number of piperidine rings is 1. The third-order valence-corrected chi connectivity index (χ3v) is 2.35. The van der Waals surface area contributed by atoms with Crippen molar-refractivity contribution in [2.75, 3.05) is 19.6 Å². The molecule has 0 aliphatic carbocycles. The van der Waals surface area contributed by atoms with Crippen LogP contribution in [0.25, 0.3) is 0 Å². The summed E-state index contributed by atoms with van der Waals surface area (Å²) in [6.07, 6.45) is 3.16. The van der Waals surface area contributed by atoms with Crippen molar-refractivity contribution in [2.45, 2.75) is 19.3 Å². The fourth-order valence-electron chi connectivity index (χ4n) is 1.35. The van der Waals surface area contributed by atoms with E-state index in [1.165, 1.54) is 0 Å². The number of likely N-dealkylation sites (tertiary alicyclic amines) is 1. The molecule has 1 heterocycles. The summed E-state index contributed by atoms with van der Waals surface area (Å²) in [7, 11) is -2.46. The van der Waals surface area contributed by atoms with E-state index in [0.29, 0.717) is 0 Å². The first-order valence-electron chi connectivity index (χ1n) is 4.25. The molecule has 5 nitrogen and oxygen atoms in total. The molecule has 1 rings (SSSR count). The Hall–Kier alpha value is -0.910. The molecule has 0 radical (unpaired) electrons. The molecule has 1 aliphatic rings. The van der Waals surface area contributed by atoms with Crippen LogP contribution >= 0.6 is 0 Å². The van der Waals surface area contributed by atoms with Gasteiger partial charge in [-0.1, -0.05) is 0 Å². The van der Waals surface area contributed by atoms with Crippen molar-refractivity contribution in [2.24, 2.45) is 4.36 Å². The van der Waals surface area contributed by atoms with Gasteiger partial charge in [-0.2, -0.15) is 12.8 Å². The van der Waals surface area contributed by atoms with Crippen molar-refractivity contribution in [1.29, 1.82) is 0 Å². The van der Waals surface area contributed by atoms with Crippen LogP contribution in [0.4, 0.5) is 0 Å². The highest BCUT2D eigenvalue weighted by molar-refractivity contribution is 7.61. The standard InChI is InChI=1S/C7H12N2O3S/c10-7(6-8-13(11)12)9-4-2-1-3-5-9/h1-6H2. The average Bonchev–Trinajstić information content (AvgIpc) is 2.15. The largest absolute Gasteiger partial charge is 0.341 e.